The van der Waals surface area contributed by atoms with E-state index < -0.39 is 11.6 Å². The molecule has 1 atom stereocenters. The SMILES string of the molecule is COc1cc(OC)c(F)c(N(CC2CCC(=O)N2)c2ccc3ncc(-c4cnn(C)c4)cc3n2)c1F.S. The van der Waals surface area contributed by atoms with E-state index >= 15 is 8.78 Å². The molecule has 5 rings (SSSR count). The number of pyridine rings is 2. The molecule has 3 aromatic heterocycles. The van der Waals surface area contributed by atoms with Gasteiger partial charge in [0.15, 0.2) is 23.1 Å². The maximum Gasteiger partial charge on any atom is 0.220 e. The van der Waals surface area contributed by atoms with Gasteiger partial charge in [-0.25, -0.2) is 13.8 Å². The molecule has 0 saturated carbocycles. The van der Waals surface area contributed by atoms with E-state index in [9.17, 15) is 4.79 Å². The molecule has 1 unspecified atom stereocenters. The number of hydrogen-bond donors (Lipinski definition) is 1. The average Bonchev–Trinajstić information content (AvgIpc) is 3.50. The highest BCUT2D eigenvalue weighted by atomic mass is 32.1. The number of amides is 1. The Morgan fingerprint density at radius 2 is 1.81 bits per heavy atom. The first-order valence-electron chi connectivity index (χ1n) is 11.3. The maximum absolute atomic E-state index is 15.5. The van der Waals surface area contributed by atoms with Gasteiger partial charge in [-0.15, -0.1) is 0 Å². The third-order valence-corrected chi connectivity index (χ3v) is 6.15. The van der Waals surface area contributed by atoms with Crippen molar-refractivity contribution < 1.29 is 23.0 Å². The van der Waals surface area contributed by atoms with Gasteiger partial charge in [-0.05, 0) is 24.6 Å². The number of carbonyl (C=O) groups is 1. The van der Waals surface area contributed by atoms with Crippen molar-refractivity contribution in [3.8, 4) is 22.6 Å². The second-order valence-electron chi connectivity index (χ2n) is 8.51. The number of halogens is 2. The lowest BCUT2D eigenvalue weighted by Crippen LogP contribution is -2.37. The first-order chi connectivity index (χ1) is 17.4. The molecule has 1 aromatic carbocycles. The van der Waals surface area contributed by atoms with Gasteiger partial charge in [0.25, 0.3) is 0 Å². The number of nitrogens with zero attached hydrogens (tertiary/aromatic N) is 5. The molecule has 1 amide bonds. The fourth-order valence-electron chi connectivity index (χ4n) is 4.32. The minimum absolute atomic E-state index is 0. The summed E-state index contributed by atoms with van der Waals surface area (Å²) < 4.78 is 43.0. The second-order valence-corrected chi connectivity index (χ2v) is 8.51. The summed E-state index contributed by atoms with van der Waals surface area (Å²) in [5, 5.41) is 7.05. The summed E-state index contributed by atoms with van der Waals surface area (Å²) in [6, 6.07) is 6.04. The van der Waals surface area contributed by atoms with Crippen LogP contribution in [0.3, 0.4) is 0 Å². The number of aromatic nitrogens is 4. The van der Waals surface area contributed by atoms with Crippen molar-refractivity contribution >= 4 is 41.9 Å². The van der Waals surface area contributed by atoms with Crippen molar-refractivity contribution in [2.75, 3.05) is 25.7 Å². The van der Waals surface area contributed by atoms with E-state index in [2.05, 4.69) is 15.4 Å². The molecule has 1 aliphatic rings. The zero-order valence-corrected chi connectivity index (χ0v) is 21.5. The maximum atomic E-state index is 15.5. The summed E-state index contributed by atoms with van der Waals surface area (Å²) in [6.45, 7) is 0.0874. The van der Waals surface area contributed by atoms with Crippen LogP contribution >= 0.6 is 13.5 Å². The summed E-state index contributed by atoms with van der Waals surface area (Å²) in [7, 11) is 4.40. The van der Waals surface area contributed by atoms with E-state index in [1.807, 2.05) is 19.3 Å². The predicted octanol–water partition coefficient (Wildman–Crippen LogP) is 3.86. The lowest BCUT2D eigenvalue weighted by Gasteiger charge is -2.28. The lowest BCUT2D eigenvalue weighted by molar-refractivity contribution is -0.119. The molecule has 194 valence electrons. The van der Waals surface area contributed by atoms with E-state index in [1.54, 1.807) is 29.2 Å². The van der Waals surface area contributed by atoms with Gasteiger partial charge in [0.2, 0.25) is 5.91 Å². The molecule has 37 heavy (non-hydrogen) atoms. The molecule has 0 aliphatic carbocycles. The molecule has 0 bridgehead atoms. The van der Waals surface area contributed by atoms with Crippen molar-refractivity contribution in [2.24, 2.45) is 7.05 Å². The normalized spacial score (nSPS) is 14.8. The van der Waals surface area contributed by atoms with Gasteiger partial charge < -0.3 is 19.7 Å². The fraction of sp³-hybridized carbons (Fsp3) is 0.280. The Balaban J connectivity index is 0.00000320. The van der Waals surface area contributed by atoms with E-state index in [0.717, 1.165) is 17.2 Å². The van der Waals surface area contributed by atoms with Gasteiger partial charge in [0.05, 0.1) is 31.4 Å². The van der Waals surface area contributed by atoms with Gasteiger partial charge in [-0.1, -0.05) is 0 Å². The minimum atomic E-state index is -0.899. The average molecular weight is 529 g/mol. The molecule has 1 saturated heterocycles. The number of methoxy groups -OCH3 is 2. The lowest BCUT2D eigenvalue weighted by atomic mass is 10.1. The van der Waals surface area contributed by atoms with Crippen molar-refractivity contribution in [2.45, 2.75) is 18.9 Å². The largest absolute Gasteiger partial charge is 0.493 e. The fourth-order valence-corrected chi connectivity index (χ4v) is 4.32. The summed E-state index contributed by atoms with van der Waals surface area (Å²) in [6.07, 6.45) is 6.16. The van der Waals surface area contributed by atoms with Crippen LogP contribution in [-0.4, -0.2) is 52.5 Å². The Bertz CT molecular complexity index is 1440. The zero-order valence-electron chi connectivity index (χ0n) is 20.5. The van der Waals surface area contributed by atoms with Crippen LogP contribution in [0.25, 0.3) is 22.2 Å². The van der Waals surface area contributed by atoms with Crippen LogP contribution in [-0.2, 0) is 11.8 Å². The highest BCUT2D eigenvalue weighted by Gasteiger charge is 2.31. The van der Waals surface area contributed by atoms with Gasteiger partial charge in [-0.3, -0.25) is 14.5 Å². The Kier molecular flexibility index (Phi) is 7.48. The molecule has 9 nitrogen and oxygen atoms in total. The van der Waals surface area contributed by atoms with Gasteiger partial charge >= 0.3 is 0 Å². The van der Waals surface area contributed by atoms with Gasteiger partial charge in [-0.2, -0.15) is 18.6 Å². The van der Waals surface area contributed by atoms with E-state index in [0.29, 0.717) is 23.9 Å². The van der Waals surface area contributed by atoms with Crippen LogP contribution in [0.4, 0.5) is 20.3 Å². The molecule has 4 heterocycles. The molecule has 0 spiro atoms. The highest BCUT2D eigenvalue weighted by molar-refractivity contribution is 7.59. The van der Waals surface area contributed by atoms with Crippen molar-refractivity contribution in [1.82, 2.24) is 25.1 Å². The smallest absolute Gasteiger partial charge is 0.220 e. The Labute approximate surface area is 218 Å². The van der Waals surface area contributed by atoms with Crippen molar-refractivity contribution in [1.29, 1.82) is 0 Å². The van der Waals surface area contributed by atoms with E-state index in [-0.39, 0.29) is 55.0 Å². The number of aryl methyl sites for hydroxylation is 1. The molecule has 0 radical (unpaired) electrons. The third-order valence-electron chi connectivity index (χ3n) is 6.15. The Hall–Kier alpha value is -3.93. The molecule has 12 heteroatoms. The quantitative estimate of drug-likeness (QED) is 0.389. The number of fused-ring (bicyclic) bond motifs is 1. The summed E-state index contributed by atoms with van der Waals surface area (Å²) in [5.41, 5.74) is 2.43. The molecule has 1 N–H and O–H groups in total. The minimum Gasteiger partial charge on any atom is -0.493 e. The number of carbonyl (C=O) groups excluding carboxylic acids is 1. The summed E-state index contributed by atoms with van der Waals surface area (Å²) in [4.78, 5) is 22.4. The monoisotopic (exact) mass is 528 g/mol. The van der Waals surface area contributed by atoms with Crippen LogP contribution in [0.15, 0.2) is 42.9 Å². The molecule has 1 aliphatic heterocycles. The first-order valence-corrected chi connectivity index (χ1v) is 11.3. The van der Waals surface area contributed by atoms with Crippen molar-refractivity contribution in [3.05, 3.63) is 54.5 Å². The second kappa shape index (κ2) is 10.6. The molecular formula is C25H26F2N6O3S. The van der Waals surface area contributed by atoms with Gasteiger partial charge in [0, 0.05) is 55.6 Å². The summed E-state index contributed by atoms with van der Waals surface area (Å²) >= 11 is 0. The van der Waals surface area contributed by atoms with Crippen LogP contribution in [0.5, 0.6) is 11.5 Å². The van der Waals surface area contributed by atoms with E-state index in [4.69, 9.17) is 14.5 Å². The molecule has 1 fully saturated rings. The molecule has 4 aromatic rings. The standard InChI is InChI=1S/C25H24F2N6O3.H2S/c1-32-12-15(11-29-32)14-8-18-17(28-10-14)5-6-21(31-18)33(13-16-4-7-22(34)30-16)25-23(26)19(35-2)9-20(36-3)24(25)27;/h5-6,8-12,16H,4,7,13H2,1-3H3,(H,30,34);1H2. The zero-order chi connectivity index (χ0) is 25.4. The highest BCUT2D eigenvalue weighted by Crippen LogP contribution is 2.40. The van der Waals surface area contributed by atoms with Gasteiger partial charge in [0.1, 0.15) is 11.5 Å². The predicted molar refractivity (Wildman–Crippen MR) is 140 cm³/mol. The van der Waals surface area contributed by atoms with Crippen LogP contribution in [0, 0.1) is 11.6 Å². The summed E-state index contributed by atoms with van der Waals surface area (Å²) in [5.74, 6) is -1.98. The number of rotatable bonds is 7. The molecular weight excluding hydrogens is 502 g/mol. The van der Waals surface area contributed by atoms with Crippen LogP contribution in [0.1, 0.15) is 12.8 Å². The van der Waals surface area contributed by atoms with Crippen LogP contribution in [0.2, 0.25) is 0 Å². The van der Waals surface area contributed by atoms with Crippen LogP contribution < -0.4 is 19.7 Å². The number of hydrogen-bond acceptors (Lipinski definition) is 7. The Morgan fingerprint density at radius 3 is 2.41 bits per heavy atom. The Morgan fingerprint density at radius 1 is 1.08 bits per heavy atom. The number of anilines is 2. The van der Waals surface area contributed by atoms with Crippen molar-refractivity contribution in [3.63, 3.8) is 0 Å². The number of ether oxygens (including phenoxy) is 2. The number of benzene rings is 1. The first kappa shape index (κ1) is 26.1. The third kappa shape index (κ3) is 5.01. The number of nitrogens with one attached hydrogen (secondary N) is 1. The van der Waals surface area contributed by atoms with E-state index in [1.165, 1.54) is 19.1 Å². The topological polar surface area (TPSA) is 94.4 Å².